The molecule has 0 aromatic carbocycles. The molecule has 0 aliphatic rings. The molecule has 0 rings (SSSR count). The predicted octanol–water partition coefficient (Wildman–Crippen LogP) is -1.65. The Morgan fingerprint density at radius 2 is 1.67 bits per heavy atom. The molecule has 0 heterocycles. The average molecular weight is 89.1 g/mol. The third-order valence-corrected chi connectivity index (χ3v) is 0. The molecule has 0 amide bonds. The van der Waals surface area contributed by atoms with Crippen molar-refractivity contribution in [3.8, 4) is 0 Å². The van der Waals surface area contributed by atoms with Crippen LogP contribution in [-0.4, -0.2) is 26.7 Å². The number of aliphatic carboxylic acids is 1. The topological polar surface area (TPSA) is 68.8 Å². The molecule has 3 nitrogen and oxygen atoms in total. The summed E-state index contributed by atoms with van der Waals surface area (Å²) >= 11 is 0. The van der Waals surface area contributed by atoms with E-state index in [4.69, 9.17) is 9.90 Å². The maximum atomic E-state index is 9.00. The van der Waals surface area contributed by atoms with Crippen LogP contribution in [0.4, 0.5) is 0 Å². The predicted molar refractivity (Wildman–Crippen MR) is 25.5 cm³/mol. The first-order valence-electron chi connectivity index (χ1n) is 0.928. The molecule has 6 heavy (non-hydrogen) atoms. The Balaban J connectivity index is -0.0000000450. The van der Waals surface area contributed by atoms with Gasteiger partial charge in [0.05, 0.1) is 0 Å². The van der Waals surface area contributed by atoms with Crippen LogP contribution in [0.15, 0.2) is 0 Å². The van der Waals surface area contributed by atoms with Crippen molar-refractivity contribution in [3.63, 3.8) is 0 Å². The van der Waals surface area contributed by atoms with Crippen LogP contribution in [0.25, 0.3) is 0 Å². The van der Waals surface area contributed by atoms with E-state index in [9.17, 15) is 0 Å². The van der Waals surface area contributed by atoms with E-state index >= 15 is 0 Å². The molecule has 0 fully saturated rings. The molecule has 0 bridgehead atoms. The summed E-state index contributed by atoms with van der Waals surface area (Å²) in [6.07, 6.45) is 0. The van der Waals surface area contributed by atoms with E-state index in [-0.39, 0.29) is 15.6 Å². The monoisotopic (exact) mass is 89.1 g/mol. The summed E-state index contributed by atoms with van der Waals surface area (Å²) in [5, 5.41) is 7.42. The first-order valence-corrected chi connectivity index (χ1v) is 0.928. The molecule has 0 aliphatic carbocycles. The van der Waals surface area contributed by atoms with Gasteiger partial charge in [0.2, 0.25) is 0 Å². The van der Waals surface area contributed by atoms with Gasteiger partial charge in [-0.2, -0.15) is 0 Å². The molecule has 0 aliphatic heterocycles. The normalized spacial score (nSPS) is 4.17. The number of carbonyl (C=O) groups is 1. The second-order valence-corrected chi connectivity index (χ2v) is 0.519. The molecule has 0 radical (unpaired) electrons. The number of hydrogen-bond donors (Lipinski definition) is 1. The molecular formula is C2H8BeO3. The molecule has 0 saturated heterocycles. The van der Waals surface area contributed by atoms with E-state index in [1.807, 2.05) is 0 Å². The van der Waals surface area contributed by atoms with Crippen molar-refractivity contribution < 1.29 is 15.4 Å². The maximum absolute atomic E-state index is 9.00. The average Bonchev–Trinajstić information content (AvgIpc) is 0.811. The summed E-state index contributed by atoms with van der Waals surface area (Å²) < 4.78 is 0. The van der Waals surface area contributed by atoms with Gasteiger partial charge in [0.1, 0.15) is 0 Å². The van der Waals surface area contributed by atoms with Gasteiger partial charge in [-0.25, -0.2) is 0 Å². The van der Waals surface area contributed by atoms with E-state index in [2.05, 4.69) is 0 Å². The van der Waals surface area contributed by atoms with Crippen molar-refractivity contribution in [3.05, 3.63) is 0 Å². The fourth-order valence-electron chi connectivity index (χ4n) is 0. The zero-order chi connectivity index (χ0) is 3.58. The molecule has 3 N–H and O–H groups in total. The molecule has 0 saturated carbocycles. The fraction of sp³-hybridized carbons (Fsp3) is 0.500. The Morgan fingerprint density at radius 1 is 1.67 bits per heavy atom. The van der Waals surface area contributed by atoms with E-state index in [0.29, 0.717) is 0 Å². The summed E-state index contributed by atoms with van der Waals surface area (Å²) in [4.78, 5) is 9.00. The summed E-state index contributed by atoms with van der Waals surface area (Å²) in [6.45, 7) is 1.08. The second kappa shape index (κ2) is 8.82. The Labute approximate surface area is 39.5 Å². The Bertz CT molecular complexity index is 31.8. The van der Waals surface area contributed by atoms with Gasteiger partial charge in [-0.3, -0.25) is 4.79 Å². The van der Waals surface area contributed by atoms with E-state index < -0.39 is 5.97 Å². The van der Waals surface area contributed by atoms with Crippen LogP contribution in [0.1, 0.15) is 6.92 Å². The molecule has 4 heteroatoms. The number of carboxylic acid groups (broad SMARTS) is 1. The molecule has 0 aromatic heterocycles. The summed E-state index contributed by atoms with van der Waals surface area (Å²) in [6, 6.07) is 0. The van der Waals surface area contributed by atoms with Crippen LogP contribution in [0, 0.1) is 0 Å². The molecule has 0 spiro atoms. The number of rotatable bonds is 0. The minimum atomic E-state index is -0.833. The summed E-state index contributed by atoms with van der Waals surface area (Å²) in [7, 11) is 0. The molecular weight excluding hydrogens is 81.0 g/mol. The molecule has 0 aromatic rings. The van der Waals surface area contributed by atoms with E-state index in [1.54, 1.807) is 0 Å². The van der Waals surface area contributed by atoms with Gasteiger partial charge in [0.25, 0.3) is 5.97 Å². The van der Waals surface area contributed by atoms with Crippen LogP contribution >= 0.6 is 0 Å². The van der Waals surface area contributed by atoms with Gasteiger partial charge < -0.3 is 10.6 Å². The van der Waals surface area contributed by atoms with Gasteiger partial charge in [-0.05, 0) is 0 Å². The minimum absolute atomic E-state index is 0. The fourth-order valence-corrected chi connectivity index (χ4v) is 0. The van der Waals surface area contributed by atoms with Gasteiger partial charge in [-0.1, -0.05) is 0 Å². The van der Waals surface area contributed by atoms with Crippen LogP contribution in [0.3, 0.4) is 0 Å². The molecule has 0 atom stereocenters. The Morgan fingerprint density at radius 3 is 1.67 bits per heavy atom. The van der Waals surface area contributed by atoms with Gasteiger partial charge >= 0.3 is 10.1 Å². The standard InChI is InChI=1S/C2H4O2.Be.H2O.2H/c1-2(3)4;;;;/h1H3,(H,3,4);;1H2;;. The van der Waals surface area contributed by atoms with Gasteiger partial charge in [0.15, 0.2) is 0 Å². The molecule has 0 unspecified atom stereocenters. The van der Waals surface area contributed by atoms with Crippen LogP contribution in [-0.2, 0) is 4.79 Å². The van der Waals surface area contributed by atoms with Gasteiger partial charge in [-0.15, -0.1) is 0 Å². The van der Waals surface area contributed by atoms with Crippen molar-refractivity contribution in [2.45, 2.75) is 6.92 Å². The van der Waals surface area contributed by atoms with Crippen molar-refractivity contribution in [2.75, 3.05) is 0 Å². The van der Waals surface area contributed by atoms with E-state index in [0.717, 1.165) is 6.92 Å². The van der Waals surface area contributed by atoms with Gasteiger partial charge in [0, 0.05) is 6.92 Å². The first kappa shape index (κ1) is 17.5. The number of hydrogen-bond acceptors (Lipinski definition) is 1. The van der Waals surface area contributed by atoms with Crippen LogP contribution in [0.5, 0.6) is 0 Å². The van der Waals surface area contributed by atoms with Crippen LogP contribution < -0.4 is 0 Å². The zero-order valence-electron chi connectivity index (χ0n) is 2.86. The molecule has 36 valence electrons. The first-order chi connectivity index (χ1) is 1.73. The van der Waals surface area contributed by atoms with E-state index in [1.165, 1.54) is 0 Å². The second-order valence-electron chi connectivity index (χ2n) is 0.519. The Kier molecular flexibility index (Phi) is 25.8. The van der Waals surface area contributed by atoms with Crippen molar-refractivity contribution >= 4 is 16.1 Å². The third-order valence-electron chi connectivity index (χ3n) is 0. The van der Waals surface area contributed by atoms with Crippen molar-refractivity contribution in [2.24, 2.45) is 0 Å². The third kappa shape index (κ3) is 151. The SMILES string of the molecule is CC(=O)O.O.[BeH2]. The summed E-state index contributed by atoms with van der Waals surface area (Å²) in [5.74, 6) is -0.833. The summed E-state index contributed by atoms with van der Waals surface area (Å²) in [5.41, 5.74) is 0. The Hall–Kier alpha value is -0.401. The van der Waals surface area contributed by atoms with Crippen molar-refractivity contribution in [1.82, 2.24) is 0 Å². The quantitative estimate of drug-likeness (QED) is 0.361. The number of carboxylic acids is 1. The van der Waals surface area contributed by atoms with Crippen molar-refractivity contribution in [1.29, 1.82) is 0 Å². The van der Waals surface area contributed by atoms with Crippen LogP contribution in [0.2, 0.25) is 0 Å². The zero-order valence-corrected chi connectivity index (χ0v) is 2.86.